The number of amides is 4. The van der Waals surface area contributed by atoms with Gasteiger partial charge in [0, 0.05) is 43.2 Å². The normalized spacial score (nSPS) is 19.7. The molecule has 0 bridgehead atoms. The minimum atomic E-state index is -0.503. The molecule has 2 atom stereocenters. The van der Waals surface area contributed by atoms with Gasteiger partial charge in [-0.1, -0.05) is 30.3 Å². The number of nitrogens with one attached hydrogen (secondary N) is 3. The van der Waals surface area contributed by atoms with Gasteiger partial charge < -0.3 is 30.3 Å². The van der Waals surface area contributed by atoms with Crippen LogP contribution >= 0.6 is 0 Å². The summed E-state index contributed by atoms with van der Waals surface area (Å²) in [6.07, 6.45) is 7.90. The highest BCUT2D eigenvalue weighted by Crippen LogP contribution is 2.27. The van der Waals surface area contributed by atoms with Gasteiger partial charge in [0.15, 0.2) is 0 Å². The van der Waals surface area contributed by atoms with Crippen molar-refractivity contribution in [2.24, 2.45) is 5.92 Å². The van der Waals surface area contributed by atoms with Gasteiger partial charge in [-0.2, -0.15) is 0 Å². The highest BCUT2D eigenvalue weighted by Gasteiger charge is 2.34. The van der Waals surface area contributed by atoms with Gasteiger partial charge >= 0.3 is 12.1 Å². The zero-order valence-electron chi connectivity index (χ0n) is 26.9. The van der Waals surface area contributed by atoms with E-state index in [1.54, 1.807) is 4.90 Å². The van der Waals surface area contributed by atoms with Crippen molar-refractivity contribution in [3.05, 3.63) is 84.4 Å². The van der Waals surface area contributed by atoms with E-state index in [1.165, 1.54) is 12.8 Å². The Bertz CT molecular complexity index is 1480. The summed E-state index contributed by atoms with van der Waals surface area (Å²) in [6, 6.07) is 24.1. The van der Waals surface area contributed by atoms with Crippen LogP contribution in [-0.2, 0) is 16.1 Å². The summed E-state index contributed by atoms with van der Waals surface area (Å²) in [4.78, 5) is 42.5. The molecule has 4 amide bonds. The van der Waals surface area contributed by atoms with Crippen molar-refractivity contribution < 1.29 is 23.9 Å². The lowest BCUT2D eigenvalue weighted by Gasteiger charge is -2.34. The van der Waals surface area contributed by atoms with Crippen LogP contribution in [0.15, 0.2) is 78.9 Å². The number of likely N-dealkylation sites (tertiary alicyclic amines) is 1. The summed E-state index contributed by atoms with van der Waals surface area (Å²) < 4.78 is 11.5. The van der Waals surface area contributed by atoms with E-state index in [4.69, 9.17) is 9.47 Å². The van der Waals surface area contributed by atoms with Crippen molar-refractivity contribution in [1.29, 1.82) is 0 Å². The third-order valence-electron chi connectivity index (χ3n) is 9.30. The van der Waals surface area contributed by atoms with Gasteiger partial charge in [-0.15, -0.1) is 0 Å². The molecule has 3 aliphatic rings. The van der Waals surface area contributed by atoms with Crippen molar-refractivity contribution in [3.8, 4) is 5.75 Å². The number of piperidine rings is 1. The molecule has 2 heterocycles. The number of urea groups is 1. The molecule has 2 saturated heterocycles. The third-order valence-corrected chi connectivity index (χ3v) is 9.30. The first kappa shape index (κ1) is 32.2. The van der Waals surface area contributed by atoms with Crippen LogP contribution in [0.2, 0.25) is 0 Å². The monoisotopic (exact) mass is 639 g/mol. The number of anilines is 3. The SMILES string of the molecule is O=C(Nc1ccc(OC2CCCC2)cc1)Nc1ccc(N2CCC(CNC(=O)C3CCCCN3C(=O)OCc3ccccc3)C2)cc1. The van der Waals surface area contributed by atoms with Crippen LogP contribution in [0.5, 0.6) is 5.75 Å². The summed E-state index contributed by atoms with van der Waals surface area (Å²) in [5.74, 6) is 1.03. The second-order valence-electron chi connectivity index (χ2n) is 12.8. The molecule has 1 aliphatic carbocycles. The molecule has 10 nitrogen and oxygen atoms in total. The van der Waals surface area contributed by atoms with Crippen LogP contribution in [0, 0.1) is 5.92 Å². The third kappa shape index (κ3) is 8.96. The summed E-state index contributed by atoms with van der Waals surface area (Å²) in [5, 5.41) is 8.89. The predicted octanol–water partition coefficient (Wildman–Crippen LogP) is 6.79. The summed E-state index contributed by atoms with van der Waals surface area (Å²) in [7, 11) is 0. The second kappa shape index (κ2) is 15.7. The fourth-order valence-corrected chi connectivity index (χ4v) is 6.69. The molecule has 6 rings (SSSR count). The molecule has 3 N–H and O–H groups in total. The minimum Gasteiger partial charge on any atom is -0.490 e. The van der Waals surface area contributed by atoms with Crippen molar-refractivity contribution >= 4 is 35.1 Å². The number of carbonyl (C=O) groups excluding carboxylic acids is 3. The van der Waals surface area contributed by atoms with Crippen LogP contribution < -0.4 is 25.6 Å². The Morgan fingerprint density at radius 2 is 1.43 bits per heavy atom. The summed E-state index contributed by atoms with van der Waals surface area (Å²) >= 11 is 0. The number of benzene rings is 3. The highest BCUT2D eigenvalue weighted by atomic mass is 16.6. The standard InChI is InChI=1S/C37H45N5O5/c43-35(34-12-6-7-22-42(34)37(45)46-26-27-8-2-1-3-9-27)38-24-28-21-23-41(25-28)31-17-13-29(14-18-31)39-36(44)40-30-15-19-33(20-16-30)47-32-10-4-5-11-32/h1-3,8-9,13-20,28,32,34H,4-7,10-12,21-26H2,(H,38,43)(H2,39,40,44). The van der Waals surface area contributed by atoms with E-state index in [0.717, 1.165) is 62.2 Å². The Labute approximate surface area is 276 Å². The molecule has 1 saturated carbocycles. The molecule has 3 aromatic carbocycles. The molecule has 2 aliphatic heterocycles. The average Bonchev–Trinajstić information content (AvgIpc) is 3.80. The minimum absolute atomic E-state index is 0.109. The fourth-order valence-electron chi connectivity index (χ4n) is 6.69. The second-order valence-corrected chi connectivity index (χ2v) is 12.8. The van der Waals surface area contributed by atoms with Crippen LogP contribution in [0.4, 0.5) is 26.7 Å². The molecule has 3 aromatic rings. The zero-order valence-corrected chi connectivity index (χ0v) is 26.9. The molecule has 248 valence electrons. The van der Waals surface area contributed by atoms with Crippen molar-refractivity contribution in [3.63, 3.8) is 0 Å². The molecule has 10 heteroatoms. The van der Waals surface area contributed by atoms with Crippen molar-refractivity contribution in [2.75, 3.05) is 41.7 Å². The van der Waals surface area contributed by atoms with Crippen LogP contribution in [0.1, 0.15) is 56.9 Å². The smallest absolute Gasteiger partial charge is 0.410 e. The number of nitrogens with zero attached hydrogens (tertiary/aromatic N) is 2. The lowest BCUT2D eigenvalue weighted by molar-refractivity contribution is -0.127. The fraction of sp³-hybridized carbons (Fsp3) is 0.432. The van der Waals surface area contributed by atoms with Crippen LogP contribution in [0.25, 0.3) is 0 Å². The van der Waals surface area contributed by atoms with E-state index in [2.05, 4.69) is 20.9 Å². The number of hydrogen-bond acceptors (Lipinski definition) is 6. The number of rotatable bonds is 10. The first-order valence-electron chi connectivity index (χ1n) is 16.9. The molecule has 0 spiro atoms. The lowest BCUT2D eigenvalue weighted by atomic mass is 10.0. The molecule has 47 heavy (non-hydrogen) atoms. The Morgan fingerprint density at radius 3 is 2.15 bits per heavy atom. The molecule has 0 aromatic heterocycles. The Morgan fingerprint density at radius 1 is 0.745 bits per heavy atom. The molecule has 2 unspecified atom stereocenters. The average molecular weight is 640 g/mol. The maximum atomic E-state index is 13.2. The van der Waals surface area contributed by atoms with E-state index >= 15 is 0 Å². The first-order chi connectivity index (χ1) is 23.0. The van der Waals surface area contributed by atoms with E-state index in [9.17, 15) is 14.4 Å². The molecule has 0 radical (unpaired) electrons. The number of ether oxygens (including phenoxy) is 2. The maximum absolute atomic E-state index is 13.2. The van der Waals surface area contributed by atoms with Gasteiger partial charge in [-0.25, -0.2) is 9.59 Å². The maximum Gasteiger partial charge on any atom is 0.410 e. The molecule has 3 fully saturated rings. The topological polar surface area (TPSA) is 112 Å². The van der Waals surface area contributed by atoms with Gasteiger partial charge in [0.25, 0.3) is 0 Å². The van der Waals surface area contributed by atoms with Crippen molar-refractivity contribution in [1.82, 2.24) is 10.2 Å². The summed E-state index contributed by atoms with van der Waals surface area (Å²) in [5.41, 5.74) is 3.40. The van der Waals surface area contributed by atoms with Crippen LogP contribution in [-0.4, -0.2) is 61.3 Å². The van der Waals surface area contributed by atoms with E-state index in [1.807, 2.05) is 78.9 Å². The van der Waals surface area contributed by atoms with E-state index < -0.39 is 12.1 Å². The molecular formula is C37H45N5O5. The highest BCUT2D eigenvalue weighted by molar-refractivity contribution is 5.99. The van der Waals surface area contributed by atoms with Gasteiger partial charge in [-0.05, 0) is 111 Å². The van der Waals surface area contributed by atoms with Gasteiger partial charge in [0.05, 0.1) is 6.10 Å². The van der Waals surface area contributed by atoms with Crippen molar-refractivity contribution in [2.45, 2.75) is 70.1 Å². The van der Waals surface area contributed by atoms with Gasteiger partial charge in [0.1, 0.15) is 18.4 Å². The van der Waals surface area contributed by atoms with Gasteiger partial charge in [-0.3, -0.25) is 9.69 Å². The van der Waals surface area contributed by atoms with Crippen LogP contribution in [0.3, 0.4) is 0 Å². The summed E-state index contributed by atoms with van der Waals surface area (Å²) in [6.45, 7) is 2.99. The first-order valence-corrected chi connectivity index (χ1v) is 16.9. The lowest BCUT2D eigenvalue weighted by Crippen LogP contribution is -2.52. The van der Waals surface area contributed by atoms with E-state index in [-0.39, 0.29) is 18.5 Å². The Kier molecular flexibility index (Phi) is 10.8. The quantitative estimate of drug-likeness (QED) is 0.225. The largest absolute Gasteiger partial charge is 0.490 e. The van der Waals surface area contributed by atoms with Gasteiger partial charge in [0.2, 0.25) is 5.91 Å². The molecular weight excluding hydrogens is 594 g/mol. The number of carbonyl (C=O) groups is 3. The Hall–Kier alpha value is -4.73. The Balaban J connectivity index is 0.923. The predicted molar refractivity (Wildman–Crippen MR) is 183 cm³/mol. The number of hydrogen-bond donors (Lipinski definition) is 3. The zero-order chi connectivity index (χ0) is 32.4. The van der Waals surface area contributed by atoms with E-state index in [0.29, 0.717) is 42.9 Å².